The van der Waals surface area contributed by atoms with Crippen molar-refractivity contribution in [2.45, 2.75) is 50.8 Å². The van der Waals surface area contributed by atoms with Crippen molar-refractivity contribution in [3.05, 3.63) is 28.4 Å². The van der Waals surface area contributed by atoms with E-state index in [9.17, 15) is 24.4 Å². The second kappa shape index (κ2) is 7.81. The van der Waals surface area contributed by atoms with Gasteiger partial charge in [0, 0.05) is 11.8 Å². The molecule has 0 bridgehead atoms. The van der Waals surface area contributed by atoms with E-state index in [0.717, 1.165) is 4.90 Å². The maximum absolute atomic E-state index is 13.0. The van der Waals surface area contributed by atoms with Crippen LogP contribution in [0.5, 0.6) is 0 Å². The first kappa shape index (κ1) is 22.5. The Morgan fingerprint density at radius 3 is 2.53 bits per heavy atom. The van der Waals surface area contributed by atoms with Crippen molar-refractivity contribution < 1.29 is 29.0 Å². The van der Waals surface area contributed by atoms with E-state index in [-0.39, 0.29) is 17.4 Å². The fraction of sp³-hybridized carbons (Fsp3) is 0.611. The molecule has 166 valence electrons. The fourth-order valence-corrected chi connectivity index (χ4v) is 3.85. The number of likely N-dealkylation sites (tertiary alicyclic amines) is 1. The number of aliphatic hydroxyl groups is 2. The number of H-pyrrole nitrogens is 2. The third-order valence-electron chi connectivity index (χ3n) is 4.52. The zero-order valence-electron chi connectivity index (χ0n) is 17.4. The summed E-state index contributed by atoms with van der Waals surface area (Å²) in [6.45, 7) is 8.05. The number of nitrogens with zero attached hydrogens (tertiary/aromatic N) is 2. The number of fused-ring (bicyclic) bond motifs is 1. The first-order chi connectivity index (χ1) is 13.8. The van der Waals surface area contributed by atoms with Gasteiger partial charge < -0.3 is 34.2 Å². The molecule has 3 rings (SSSR count). The van der Waals surface area contributed by atoms with E-state index in [1.807, 2.05) is 0 Å². The molecule has 0 saturated carbocycles. The van der Waals surface area contributed by atoms with Crippen LogP contribution in [0, 0.1) is 0 Å². The highest BCUT2D eigenvalue weighted by atomic mass is 31.2. The summed E-state index contributed by atoms with van der Waals surface area (Å²) in [4.78, 5) is 35.5. The van der Waals surface area contributed by atoms with Crippen molar-refractivity contribution >= 4 is 24.3 Å². The summed E-state index contributed by atoms with van der Waals surface area (Å²) in [5.74, 6) is 0. The number of carbonyl (C=O) groups is 1. The van der Waals surface area contributed by atoms with Crippen LogP contribution in [0.25, 0.3) is 11.0 Å². The number of aliphatic hydroxyl groups excluding tert-OH is 2. The van der Waals surface area contributed by atoms with E-state index in [4.69, 9.17) is 9.47 Å². The average molecular weight is 442 g/mol. The molecule has 3 heterocycles. The lowest BCUT2D eigenvalue weighted by Crippen LogP contribution is -2.45. The molecule has 1 saturated heterocycles. The topological polar surface area (TPSA) is 158 Å². The van der Waals surface area contributed by atoms with Gasteiger partial charge in [0.05, 0.1) is 12.4 Å². The Hall–Kier alpha value is -2.20. The highest BCUT2D eigenvalue weighted by molar-refractivity contribution is 7.62. The van der Waals surface area contributed by atoms with Crippen molar-refractivity contribution in [1.29, 1.82) is 0 Å². The molecule has 2 aromatic heterocycles. The molecule has 0 aliphatic carbocycles. The van der Waals surface area contributed by atoms with E-state index in [1.54, 1.807) is 20.8 Å². The van der Waals surface area contributed by atoms with Crippen molar-refractivity contribution in [2.24, 2.45) is 0 Å². The number of hydrogen-bond donors (Lipinski definition) is 4. The lowest BCUT2D eigenvalue weighted by atomic mass is 10.0. The van der Waals surface area contributed by atoms with Crippen LogP contribution in [-0.4, -0.2) is 79.9 Å². The van der Waals surface area contributed by atoms with Crippen molar-refractivity contribution in [3.8, 4) is 0 Å². The lowest BCUT2D eigenvalue weighted by Gasteiger charge is -2.32. The molecule has 11 nitrogen and oxygen atoms in total. The van der Waals surface area contributed by atoms with Crippen LogP contribution < -0.4 is 5.56 Å². The summed E-state index contributed by atoms with van der Waals surface area (Å²) >= 11 is 0. The Labute approximate surface area is 172 Å². The van der Waals surface area contributed by atoms with Gasteiger partial charge in [0.2, 0.25) is 0 Å². The Morgan fingerprint density at radius 2 is 1.93 bits per heavy atom. The number of aromatic amines is 2. The molecule has 12 heteroatoms. The predicted octanol–water partition coefficient (Wildman–Crippen LogP) is 1.19. The minimum Gasteiger partial charge on any atom is -0.444 e. The van der Waals surface area contributed by atoms with Gasteiger partial charge in [-0.05, 0) is 34.1 Å². The number of carbonyl (C=O) groups excluding carboxylic acids is 1. The maximum Gasteiger partial charge on any atom is 0.413 e. The highest BCUT2D eigenvalue weighted by Gasteiger charge is 2.53. The highest BCUT2D eigenvalue weighted by Crippen LogP contribution is 2.43. The molecule has 1 aliphatic heterocycles. The first-order valence-electron chi connectivity index (χ1n) is 9.38. The van der Waals surface area contributed by atoms with Gasteiger partial charge in [-0.25, -0.2) is 9.78 Å². The number of amides is 1. The second-order valence-electron chi connectivity index (χ2n) is 8.77. The van der Waals surface area contributed by atoms with Gasteiger partial charge in [0.15, 0.2) is 6.23 Å². The molecule has 0 radical (unpaired) electrons. The number of aromatic nitrogens is 3. The Balaban J connectivity index is 2.08. The van der Waals surface area contributed by atoms with E-state index >= 15 is 0 Å². The van der Waals surface area contributed by atoms with E-state index in [2.05, 4.69) is 15.0 Å². The average Bonchev–Trinajstić information content (AvgIpc) is 3.12. The number of rotatable bonds is 4. The quantitative estimate of drug-likeness (QED) is 0.514. The Morgan fingerprint density at radius 1 is 1.27 bits per heavy atom. The zero-order chi connectivity index (χ0) is 22.4. The van der Waals surface area contributed by atoms with Gasteiger partial charge in [-0.15, -0.1) is 0 Å². The summed E-state index contributed by atoms with van der Waals surface area (Å²) in [6.07, 6.45) is -2.67. The SMILES string of the molecule is CC(C)(C)OC(=O)N1[C@H](OCP(C)(C)=O)[C@@H](O)[C@@H](O)[C@@H]1c1c[nH]c2c(=O)[nH]cnc12. The van der Waals surface area contributed by atoms with Gasteiger partial charge in [-0.3, -0.25) is 9.69 Å². The number of ether oxygens (including phenoxy) is 2. The zero-order valence-corrected chi connectivity index (χ0v) is 18.3. The van der Waals surface area contributed by atoms with Gasteiger partial charge >= 0.3 is 6.09 Å². The minimum absolute atomic E-state index is 0.161. The maximum atomic E-state index is 13.0. The summed E-state index contributed by atoms with van der Waals surface area (Å²) < 4.78 is 23.2. The molecule has 4 atom stereocenters. The summed E-state index contributed by atoms with van der Waals surface area (Å²) in [5, 5.41) is 21.5. The third-order valence-corrected chi connectivity index (χ3v) is 5.29. The number of hydrogen-bond acceptors (Lipinski definition) is 8. The molecule has 0 spiro atoms. The first-order valence-corrected chi connectivity index (χ1v) is 12.2. The van der Waals surface area contributed by atoms with Gasteiger partial charge in [0.1, 0.15) is 42.3 Å². The summed E-state index contributed by atoms with van der Waals surface area (Å²) in [7, 11) is -2.65. The largest absolute Gasteiger partial charge is 0.444 e. The molecular formula is C18H27N4O7P. The van der Waals surface area contributed by atoms with Crippen molar-refractivity contribution in [1.82, 2.24) is 19.9 Å². The molecule has 1 aliphatic rings. The minimum atomic E-state index is -2.65. The van der Waals surface area contributed by atoms with Gasteiger partial charge in [-0.2, -0.15) is 0 Å². The standard InChI is InChI=1S/C18H27N4O7P/c1-18(2,3)29-17(26)22-12(9-6-19-11-10(9)20-7-21-15(11)25)13(23)14(24)16(22)28-8-30(4,5)27/h6-7,12-14,16,19,23-24H,8H2,1-5H3,(H,20,21,25)/t12-,13-,14-,16+/m0/s1. The molecule has 30 heavy (non-hydrogen) atoms. The van der Waals surface area contributed by atoms with E-state index < -0.39 is 48.9 Å². The van der Waals surface area contributed by atoms with Crippen LogP contribution in [0.15, 0.2) is 17.3 Å². The van der Waals surface area contributed by atoms with Crippen LogP contribution >= 0.6 is 7.14 Å². The van der Waals surface area contributed by atoms with Crippen LogP contribution in [-0.2, 0) is 14.0 Å². The van der Waals surface area contributed by atoms with Gasteiger partial charge in [0.25, 0.3) is 5.56 Å². The molecular weight excluding hydrogens is 415 g/mol. The molecule has 2 aromatic rings. The Bertz CT molecular complexity index is 1040. The van der Waals surface area contributed by atoms with Gasteiger partial charge in [-0.1, -0.05) is 0 Å². The molecule has 0 unspecified atom stereocenters. The van der Waals surface area contributed by atoms with Crippen LogP contribution in [0.2, 0.25) is 0 Å². The van der Waals surface area contributed by atoms with Crippen molar-refractivity contribution in [3.63, 3.8) is 0 Å². The number of nitrogens with one attached hydrogen (secondary N) is 2. The fourth-order valence-electron chi connectivity index (χ4n) is 3.34. The van der Waals surface area contributed by atoms with Crippen molar-refractivity contribution in [2.75, 3.05) is 19.7 Å². The lowest BCUT2D eigenvalue weighted by molar-refractivity contribution is -0.0891. The smallest absolute Gasteiger partial charge is 0.413 e. The second-order valence-corrected chi connectivity index (χ2v) is 12.2. The molecule has 1 fully saturated rings. The summed E-state index contributed by atoms with van der Waals surface area (Å²) in [6, 6.07) is -1.11. The monoisotopic (exact) mass is 442 g/mol. The molecule has 0 aromatic carbocycles. The predicted molar refractivity (Wildman–Crippen MR) is 109 cm³/mol. The molecule has 4 N–H and O–H groups in total. The normalized spacial score (nSPS) is 25.1. The summed E-state index contributed by atoms with van der Waals surface area (Å²) in [5.41, 5.74) is -0.565. The Kier molecular flexibility index (Phi) is 5.85. The van der Waals surface area contributed by atoms with Crippen LogP contribution in [0.1, 0.15) is 32.4 Å². The van der Waals surface area contributed by atoms with E-state index in [1.165, 1.54) is 25.9 Å². The molecule has 1 amide bonds. The third kappa shape index (κ3) is 4.44. The van der Waals surface area contributed by atoms with E-state index in [0.29, 0.717) is 5.56 Å². The van der Waals surface area contributed by atoms with Crippen LogP contribution in [0.4, 0.5) is 4.79 Å². The van der Waals surface area contributed by atoms with Crippen LogP contribution in [0.3, 0.4) is 0 Å².